The first kappa shape index (κ1) is 13.8. The molecule has 1 heterocycles. The molecular formula is C15H18O4. The molecule has 0 unspecified atom stereocenters. The second-order valence-electron chi connectivity index (χ2n) is 4.60. The molecule has 1 fully saturated rings. The lowest BCUT2D eigenvalue weighted by atomic mass is 9.98. The summed E-state index contributed by atoms with van der Waals surface area (Å²) < 4.78 is 10.6. The lowest BCUT2D eigenvalue weighted by Gasteiger charge is -2.15. The Morgan fingerprint density at radius 2 is 2.11 bits per heavy atom. The van der Waals surface area contributed by atoms with E-state index in [1.807, 2.05) is 30.3 Å². The Hall–Kier alpha value is -1.65. The fourth-order valence-electron chi connectivity index (χ4n) is 2.12. The van der Waals surface area contributed by atoms with Gasteiger partial charge in [0.15, 0.2) is 6.10 Å². The smallest absolute Gasteiger partial charge is 0.312 e. The van der Waals surface area contributed by atoms with Crippen LogP contribution < -0.4 is 0 Å². The molecule has 0 amide bonds. The molecule has 0 saturated carbocycles. The van der Waals surface area contributed by atoms with Crippen molar-refractivity contribution in [2.75, 3.05) is 6.61 Å². The molecule has 4 heteroatoms. The first-order valence-electron chi connectivity index (χ1n) is 6.33. The van der Waals surface area contributed by atoms with Gasteiger partial charge in [0.05, 0.1) is 19.1 Å². The van der Waals surface area contributed by atoms with E-state index in [1.165, 1.54) is 0 Å². The molecule has 1 aromatic rings. The summed E-state index contributed by atoms with van der Waals surface area (Å²) in [5.74, 6) is -0.886. The van der Waals surface area contributed by atoms with E-state index in [9.17, 15) is 9.90 Å². The maximum absolute atomic E-state index is 11.5. The number of carbonyl (C=O) groups excluding carboxylic acids is 1. The minimum atomic E-state index is -0.818. The molecule has 0 bridgehead atoms. The molecular weight excluding hydrogens is 244 g/mol. The predicted molar refractivity (Wildman–Crippen MR) is 70.3 cm³/mol. The van der Waals surface area contributed by atoms with Gasteiger partial charge >= 0.3 is 5.97 Å². The van der Waals surface area contributed by atoms with Crippen molar-refractivity contribution in [2.24, 2.45) is 5.92 Å². The Balaban J connectivity index is 1.81. The van der Waals surface area contributed by atoms with Gasteiger partial charge in [0.1, 0.15) is 6.10 Å². The second-order valence-corrected chi connectivity index (χ2v) is 4.60. The quantitative estimate of drug-likeness (QED) is 0.626. The number of rotatable bonds is 6. The highest BCUT2D eigenvalue weighted by Crippen LogP contribution is 2.25. The number of carbonyl (C=O) groups is 1. The van der Waals surface area contributed by atoms with E-state index in [-0.39, 0.29) is 12.6 Å². The maximum atomic E-state index is 11.5. The average Bonchev–Trinajstić information content (AvgIpc) is 2.68. The monoisotopic (exact) mass is 262 g/mol. The second kappa shape index (κ2) is 6.50. The van der Waals surface area contributed by atoms with Crippen LogP contribution in [-0.4, -0.2) is 29.9 Å². The van der Waals surface area contributed by atoms with Crippen molar-refractivity contribution in [3.05, 3.63) is 48.6 Å². The van der Waals surface area contributed by atoms with Crippen molar-refractivity contribution in [3.63, 3.8) is 0 Å². The molecule has 1 aliphatic heterocycles. The number of hydrogen-bond acceptors (Lipinski definition) is 4. The molecule has 0 spiro atoms. The number of aliphatic hydroxyl groups excluding tert-OH is 1. The Morgan fingerprint density at radius 1 is 1.37 bits per heavy atom. The summed E-state index contributed by atoms with van der Waals surface area (Å²) in [5, 5.41) is 9.97. The van der Waals surface area contributed by atoms with Crippen LogP contribution in [0.25, 0.3) is 0 Å². The zero-order chi connectivity index (χ0) is 13.7. The zero-order valence-corrected chi connectivity index (χ0v) is 10.7. The van der Waals surface area contributed by atoms with Crippen LogP contribution in [-0.2, 0) is 20.9 Å². The highest BCUT2D eigenvalue weighted by atomic mass is 16.6. The molecule has 102 valence electrons. The van der Waals surface area contributed by atoms with Gasteiger partial charge in [-0.15, -0.1) is 6.58 Å². The summed E-state index contributed by atoms with van der Waals surface area (Å²) in [6.07, 6.45) is 0.639. The van der Waals surface area contributed by atoms with E-state index in [4.69, 9.17) is 9.47 Å². The van der Waals surface area contributed by atoms with Gasteiger partial charge in [0.2, 0.25) is 0 Å². The molecule has 1 aromatic carbocycles. The van der Waals surface area contributed by atoms with Crippen LogP contribution in [0.5, 0.6) is 0 Å². The highest BCUT2D eigenvalue weighted by molar-refractivity contribution is 5.75. The summed E-state index contributed by atoms with van der Waals surface area (Å²) in [7, 11) is 0. The van der Waals surface area contributed by atoms with Crippen LogP contribution >= 0.6 is 0 Å². The van der Waals surface area contributed by atoms with E-state index in [1.54, 1.807) is 6.08 Å². The van der Waals surface area contributed by atoms with E-state index in [0.29, 0.717) is 13.0 Å². The van der Waals surface area contributed by atoms with Crippen molar-refractivity contribution in [1.29, 1.82) is 0 Å². The molecule has 1 aliphatic rings. The number of hydrogen-bond donors (Lipinski definition) is 1. The van der Waals surface area contributed by atoms with Gasteiger partial charge in [-0.25, -0.2) is 0 Å². The number of benzene rings is 1. The summed E-state index contributed by atoms with van der Waals surface area (Å²) >= 11 is 0. The maximum Gasteiger partial charge on any atom is 0.312 e. The molecule has 3 atom stereocenters. The molecule has 1 N–H and O–H groups in total. The van der Waals surface area contributed by atoms with E-state index in [0.717, 1.165) is 5.56 Å². The van der Waals surface area contributed by atoms with E-state index >= 15 is 0 Å². The lowest BCUT2D eigenvalue weighted by Crippen LogP contribution is -2.30. The van der Waals surface area contributed by atoms with Gasteiger partial charge in [0, 0.05) is 0 Å². The number of allylic oxidation sites excluding steroid dienone is 1. The molecule has 0 aliphatic carbocycles. The summed E-state index contributed by atoms with van der Waals surface area (Å²) in [6, 6.07) is 9.72. The summed E-state index contributed by atoms with van der Waals surface area (Å²) in [5.41, 5.74) is 1.05. The standard InChI is InChI=1S/C15H18O4/c1-2-6-12-14(16)13(19-15(12)17)10-18-9-11-7-4-3-5-8-11/h2-5,7-8,12-14,16H,1,6,9-10H2/t12-,13+,14-/m0/s1. The molecule has 19 heavy (non-hydrogen) atoms. The van der Waals surface area contributed by atoms with E-state index < -0.39 is 18.1 Å². The van der Waals surface area contributed by atoms with Gasteiger partial charge in [-0.3, -0.25) is 4.79 Å². The van der Waals surface area contributed by atoms with Crippen LogP contribution in [0.2, 0.25) is 0 Å². The zero-order valence-electron chi connectivity index (χ0n) is 10.7. The van der Waals surface area contributed by atoms with Crippen LogP contribution in [0, 0.1) is 5.92 Å². The minimum Gasteiger partial charge on any atom is -0.457 e. The van der Waals surface area contributed by atoms with Crippen LogP contribution in [0.4, 0.5) is 0 Å². The predicted octanol–water partition coefficient (Wildman–Crippen LogP) is 1.68. The minimum absolute atomic E-state index is 0.204. The average molecular weight is 262 g/mol. The van der Waals surface area contributed by atoms with Crippen molar-refractivity contribution >= 4 is 5.97 Å². The van der Waals surface area contributed by atoms with Gasteiger partial charge in [-0.1, -0.05) is 36.4 Å². The largest absolute Gasteiger partial charge is 0.457 e. The lowest BCUT2D eigenvalue weighted by molar-refractivity contribution is -0.146. The topological polar surface area (TPSA) is 55.8 Å². The number of aliphatic hydroxyl groups is 1. The molecule has 1 saturated heterocycles. The first-order chi connectivity index (χ1) is 9.22. The van der Waals surface area contributed by atoms with Gasteiger partial charge < -0.3 is 14.6 Å². The first-order valence-corrected chi connectivity index (χ1v) is 6.33. The van der Waals surface area contributed by atoms with Crippen LogP contribution in [0.15, 0.2) is 43.0 Å². The Bertz CT molecular complexity index is 429. The Labute approximate surface area is 112 Å². The SMILES string of the molecule is C=CC[C@@H]1C(=O)O[C@H](COCc2ccccc2)[C@H]1O. The molecule has 4 nitrogen and oxygen atoms in total. The third-order valence-corrected chi connectivity index (χ3v) is 3.18. The van der Waals surface area contributed by atoms with Crippen molar-refractivity contribution in [2.45, 2.75) is 25.2 Å². The van der Waals surface area contributed by atoms with Gasteiger partial charge in [0.25, 0.3) is 0 Å². The van der Waals surface area contributed by atoms with Crippen molar-refractivity contribution in [3.8, 4) is 0 Å². The van der Waals surface area contributed by atoms with Gasteiger partial charge in [-0.05, 0) is 12.0 Å². The molecule has 0 aromatic heterocycles. The summed E-state index contributed by atoms with van der Waals surface area (Å²) in [4.78, 5) is 11.5. The van der Waals surface area contributed by atoms with Crippen molar-refractivity contribution in [1.82, 2.24) is 0 Å². The molecule has 2 rings (SSSR count). The normalized spacial score (nSPS) is 26.2. The highest BCUT2D eigenvalue weighted by Gasteiger charge is 2.42. The van der Waals surface area contributed by atoms with Crippen LogP contribution in [0.3, 0.4) is 0 Å². The number of ether oxygens (including phenoxy) is 2. The third-order valence-electron chi connectivity index (χ3n) is 3.18. The third kappa shape index (κ3) is 3.43. The number of cyclic esters (lactones) is 1. The fraction of sp³-hybridized carbons (Fsp3) is 0.400. The van der Waals surface area contributed by atoms with Gasteiger partial charge in [-0.2, -0.15) is 0 Å². The van der Waals surface area contributed by atoms with Crippen LogP contribution in [0.1, 0.15) is 12.0 Å². The fourth-order valence-corrected chi connectivity index (χ4v) is 2.12. The summed E-state index contributed by atoms with van der Waals surface area (Å²) in [6.45, 7) is 4.21. The Kier molecular flexibility index (Phi) is 4.71. The van der Waals surface area contributed by atoms with Crippen molar-refractivity contribution < 1.29 is 19.4 Å². The Morgan fingerprint density at radius 3 is 2.79 bits per heavy atom. The molecule has 0 radical (unpaired) electrons. The number of esters is 1. The van der Waals surface area contributed by atoms with E-state index in [2.05, 4.69) is 6.58 Å².